The highest BCUT2D eigenvalue weighted by atomic mass is 32.1. The van der Waals surface area contributed by atoms with Crippen LogP contribution in [0.5, 0.6) is 0 Å². The van der Waals surface area contributed by atoms with E-state index in [9.17, 15) is 4.39 Å². The second-order valence-electron chi connectivity index (χ2n) is 5.24. The van der Waals surface area contributed by atoms with Gasteiger partial charge in [-0.2, -0.15) is 0 Å². The fourth-order valence-corrected chi connectivity index (χ4v) is 3.30. The van der Waals surface area contributed by atoms with Crippen LogP contribution >= 0.6 is 11.3 Å². The lowest BCUT2D eigenvalue weighted by atomic mass is 10.1. The van der Waals surface area contributed by atoms with Gasteiger partial charge in [-0.15, -0.1) is 11.3 Å². The van der Waals surface area contributed by atoms with Gasteiger partial charge in [0.05, 0.1) is 5.52 Å². The fraction of sp³-hybridized carbons (Fsp3) is 0.0556. The molecule has 1 atom stereocenters. The number of rotatable bonds is 4. The number of halogens is 1. The summed E-state index contributed by atoms with van der Waals surface area (Å²) >= 11 is 1.56. The molecule has 0 aliphatic rings. The van der Waals surface area contributed by atoms with E-state index in [-0.39, 0.29) is 11.9 Å². The molecular formula is C18H13FN4S. The Balaban J connectivity index is 1.80. The first-order valence-electron chi connectivity index (χ1n) is 7.42. The molecule has 0 saturated heterocycles. The van der Waals surface area contributed by atoms with Crippen LogP contribution in [0, 0.1) is 5.82 Å². The lowest BCUT2D eigenvalue weighted by Crippen LogP contribution is -2.13. The summed E-state index contributed by atoms with van der Waals surface area (Å²) in [5, 5.41) is 6.90. The zero-order valence-electron chi connectivity index (χ0n) is 12.6. The highest BCUT2D eigenvalue weighted by molar-refractivity contribution is 7.09. The van der Waals surface area contributed by atoms with Crippen molar-refractivity contribution < 1.29 is 4.39 Å². The maximum absolute atomic E-state index is 13.7. The van der Waals surface area contributed by atoms with Crippen LogP contribution in [-0.2, 0) is 0 Å². The molecule has 4 nitrogen and oxygen atoms in total. The van der Waals surface area contributed by atoms with Crippen molar-refractivity contribution in [2.45, 2.75) is 6.04 Å². The average molecular weight is 336 g/mol. The molecular weight excluding hydrogens is 323 g/mol. The van der Waals surface area contributed by atoms with Gasteiger partial charge in [0.1, 0.15) is 29.0 Å². The van der Waals surface area contributed by atoms with Gasteiger partial charge < -0.3 is 5.32 Å². The number of benzene rings is 2. The van der Waals surface area contributed by atoms with Gasteiger partial charge in [-0.05, 0) is 23.8 Å². The summed E-state index contributed by atoms with van der Waals surface area (Å²) in [5.41, 5.74) is 1.76. The molecule has 118 valence electrons. The number of aromatic nitrogens is 3. The van der Waals surface area contributed by atoms with Crippen LogP contribution in [0.15, 0.2) is 66.4 Å². The molecule has 6 heteroatoms. The van der Waals surface area contributed by atoms with Crippen molar-refractivity contribution >= 4 is 28.1 Å². The SMILES string of the molecule is Fc1ccc2ncnc(NC(c3ccccc3)c3nccs3)c2c1. The third-order valence-corrected chi connectivity index (χ3v) is 4.55. The fourth-order valence-electron chi connectivity index (χ4n) is 2.59. The Labute approximate surface area is 142 Å². The highest BCUT2D eigenvalue weighted by Gasteiger charge is 2.18. The van der Waals surface area contributed by atoms with Crippen LogP contribution in [0.4, 0.5) is 10.2 Å². The number of nitrogens with one attached hydrogen (secondary N) is 1. The van der Waals surface area contributed by atoms with Crippen molar-refractivity contribution in [1.29, 1.82) is 0 Å². The van der Waals surface area contributed by atoms with E-state index in [1.807, 2.05) is 35.7 Å². The standard InChI is InChI=1S/C18H13FN4S/c19-13-6-7-15-14(10-13)17(22-11-21-15)23-16(18-20-8-9-24-18)12-4-2-1-3-5-12/h1-11,16H,(H,21,22,23). The molecule has 4 aromatic rings. The Bertz CT molecular complexity index is 957. The molecule has 2 aromatic carbocycles. The Morgan fingerprint density at radius 3 is 2.67 bits per heavy atom. The van der Waals surface area contributed by atoms with Gasteiger partial charge in [0, 0.05) is 17.0 Å². The summed E-state index contributed by atoms with van der Waals surface area (Å²) in [6, 6.07) is 14.3. The van der Waals surface area contributed by atoms with Crippen LogP contribution in [0.3, 0.4) is 0 Å². The zero-order valence-corrected chi connectivity index (χ0v) is 13.4. The van der Waals surface area contributed by atoms with Crippen molar-refractivity contribution in [1.82, 2.24) is 15.0 Å². The molecule has 1 N–H and O–H groups in total. The van der Waals surface area contributed by atoms with Gasteiger partial charge >= 0.3 is 0 Å². The van der Waals surface area contributed by atoms with Gasteiger partial charge in [-0.1, -0.05) is 30.3 Å². The van der Waals surface area contributed by atoms with E-state index in [0.29, 0.717) is 16.7 Å². The topological polar surface area (TPSA) is 50.7 Å². The number of thiazole rings is 1. The Morgan fingerprint density at radius 2 is 1.88 bits per heavy atom. The minimum Gasteiger partial charge on any atom is -0.356 e. The first kappa shape index (κ1) is 14.7. The van der Waals surface area contributed by atoms with E-state index < -0.39 is 0 Å². The maximum atomic E-state index is 13.7. The van der Waals surface area contributed by atoms with Crippen molar-refractivity contribution in [2.75, 3.05) is 5.32 Å². The lowest BCUT2D eigenvalue weighted by Gasteiger charge is -2.18. The molecule has 4 rings (SSSR count). The number of hydrogen-bond acceptors (Lipinski definition) is 5. The normalized spacial score (nSPS) is 12.2. The average Bonchev–Trinajstić information content (AvgIpc) is 3.15. The summed E-state index contributed by atoms with van der Waals surface area (Å²) in [5.74, 6) is 0.273. The van der Waals surface area contributed by atoms with E-state index in [0.717, 1.165) is 10.6 Å². The Morgan fingerprint density at radius 1 is 1.00 bits per heavy atom. The minimum absolute atomic E-state index is 0.160. The van der Waals surface area contributed by atoms with Crippen LogP contribution in [-0.4, -0.2) is 15.0 Å². The van der Waals surface area contributed by atoms with Gasteiger partial charge in [-0.25, -0.2) is 19.3 Å². The van der Waals surface area contributed by atoms with Crippen molar-refractivity contribution in [3.63, 3.8) is 0 Å². The van der Waals surface area contributed by atoms with E-state index in [1.54, 1.807) is 23.6 Å². The van der Waals surface area contributed by atoms with Gasteiger partial charge in [0.15, 0.2) is 0 Å². The van der Waals surface area contributed by atoms with Gasteiger partial charge in [-0.3, -0.25) is 0 Å². The molecule has 24 heavy (non-hydrogen) atoms. The number of fused-ring (bicyclic) bond motifs is 1. The monoisotopic (exact) mass is 336 g/mol. The van der Waals surface area contributed by atoms with Crippen molar-refractivity contribution in [3.05, 3.63) is 82.8 Å². The van der Waals surface area contributed by atoms with Crippen molar-refractivity contribution in [2.24, 2.45) is 0 Å². The molecule has 0 radical (unpaired) electrons. The summed E-state index contributed by atoms with van der Waals surface area (Å²) in [6.07, 6.45) is 3.25. The number of anilines is 1. The Hall–Kier alpha value is -2.86. The molecule has 0 aliphatic carbocycles. The first-order chi connectivity index (χ1) is 11.8. The van der Waals surface area contributed by atoms with Crippen LogP contribution in [0.25, 0.3) is 10.9 Å². The van der Waals surface area contributed by atoms with E-state index in [2.05, 4.69) is 20.3 Å². The molecule has 0 spiro atoms. The van der Waals surface area contributed by atoms with Gasteiger partial charge in [0.25, 0.3) is 0 Å². The number of hydrogen-bond donors (Lipinski definition) is 1. The summed E-state index contributed by atoms with van der Waals surface area (Å²) in [7, 11) is 0. The predicted molar refractivity (Wildman–Crippen MR) is 93.5 cm³/mol. The van der Waals surface area contributed by atoms with Gasteiger partial charge in [0.2, 0.25) is 0 Å². The zero-order chi connectivity index (χ0) is 16.4. The van der Waals surface area contributed by atoms with E-state index in [1.165, 1.54) is 18.5 Å². The predicted octanol–water partition coefficient (Wildman–Crippen LogP) is 4.43. The third-order valence-electron chi connectivity index (χ3n) is 3.71. The molecule has 0 fully saturated rings. The summed E-state index contributed by atoms with van der Waals surface area (Å²) in [6.45, 7) is 0. The quantitative estimate of drug-likeness (QED) is 0.599. The smallest absolute Gasteiger partial charge is 0.138 e. The molecule has 0 bridgehead atoms. The van der Waals surface area contributed by atoms with E-state index >= 15 is 0 Å². The summed E-state index contributed by atoms with van der Waals surface area (Å²) < 4.78 is 13.7. The van der Waals surface area contributed by atoms with Crippen LogP contribution in [0.2, 0.25) is 0 Å². The molecule has 0 aliphatic heterocycles. The van der Waals surface area contributed by atoms with Crippen molar-refractivity contribution in [3.8, 4) is 0 Å². The Kier molecular flexibility index (Phi) is 3.88. The van der Waals surface area contributed by atoms with Crippen LogP contribution < -0.4 is 5.32 Å². The molecule has 2 heterocycles. The first-order valence-corrected chi connectivity index (χ1v) is 8.30. The van der Waals surface area contributed by atoms with Crippen LogP contribution in [0.1, 0.15) is 16.6 Å². The molecule has 0 amide bonds. The highest BCUT2D eigenvalue weighted by Crippen LogP contribution is 2.30. The maximum Gasteiger partial charge on any atom is 0.138 e. The largest absolute Gasteiger partial charge is 0.356 e. The third kappa shape index (κ3) is 2.83. The summed E-state index contributed by atoms with van der Waals surface area (Å²) in [4.78, 5) is 12.9. The lowest BCUT2D eigenvalue weighted by molar-refractivity contribution is 0.629. The second kappa shape index (κ2) is 6.33. The molecule has 2 aromatic heterocycles. The molecule has 1 unspecified atom stereocenters. The molecule has 0 saturated carbocycles. The minimum atomic E-state index is -0.314. The second-order valence-corrected chi connectivity index (χ2v) is 6.17. The van der Waals surface area contributed by atoms with E-state index in [4.69, 9.17) is 0 Å². The number of nitrogens with zero attached hydrogens (tertiary/aromatic N) is 3.